The van der Waals surface area contributed by atoms with Gasteiger partial charge < -0.3 is 14.8 Å². The molecule has 2 heterocycles. The molecule has 0 saturated carbocycles. The number of likely N-dealkylation sites (tertiary alicyclic amines) is 1. The third-order valence-electron chi connectivity index (χ3n) is 4.64. The van der Waals surface area contributed by atoms with Gasteiger partial charge in [0.15, 0.2) is 0 Å². The monoisotopic (exact) mass is 348 g/mol. The maximum Gasteiger partial charge on any atom is 0.305 e. The fourth-order valence-electron chi connectivity index (χ4n) is 3.41. The van der Waals surface area contributed by atoms with Crippen molar-refractivity contribution in [2.75, 3.05) is 20.3 Å². The molecule has 1 fully saturated rings. The maximum absolute atomic E-state index is 12.0. The van der Waals surface area contributed by atoms with Crippen LogP contribution in [0.3, 0.4) is 0 Å². The number of ether oxygens (including phenoxy) is 1. The van der Waals surface area contributed by atoms with E-state index in [0.717, 1.165) is 47.8 Å². The van der Waals surface area contributed by atoms with E-state index < -0.39 is 0 Å². The molecule has 1 saturated heterocycles. The molecule has 2 N–H and O–H groups in total. The first-order chi connectivity index (χ1) is 11.7. The minimum Gasteiger partial charge on any atom is -0.497 e. The Labute approximate surface area is 145 Å². The molecule has 6 heteroatoms. The summed E-state index contributed by atoms with van der Waals surface area (Å²) < 4.78 is 5.30. The molecule has 0 amide bonds. The van der Waals surface area contributed by atoms with E-state index in [2.05, 4.69) is 9.88 Å². The highest BCUT2D eigenvalue weighted by Crippen LogP contribution is 2.29. The van der Waals surface area contributed by atoms with Gasteiger partial charge in [-0.25, -0.2) is 0 Å². The summed E-state index contributed by atoms with van der Waals surface area (Å²) >= 11 is 1.28. The zero-order valence-electron chi connectivity index (χ0n) is 14.0. The van der Waals surface area contributed by atoms with Gasteiger partial charge in [-0.3, -0.25) is 9.69 Å². The normalized spacial score (nSPS) is 18.7. The van der Waals surface area contributed by atoms with Crippen molar-refractivity contribution in [2.24, 2.45) is 0 Å². The highest BCUT2D eigenvalue weighted by atomic mass is 32.1. The SMILES string of the molecule is COc1cccc(-c2[nH]c(=O)sc2CN2CCCCC2CCO)c1. The number of benzene rings is 1. The Kier molecular flexibility index (Phi) is 5.71. The van der Waals surface area contributed by atoms with Crippen LogP contribution < -0.4 is 9.61 Å². The first kappa shape index (κ1) is 17.2. The number of piperidine rings is 1. The standard InChI is InChI=1S/C18H24N2O3S/c1-23-15-7-4-5-13(11-15)17-16(24-18(22)19-17)12-20-9-3-2-6-14(20)8-10-21/h4-5,7,11,14,21H,2-3,6,8-10,12H2,1H3,(H,19,22). The lowest BCUT2D eigenvalue weighted by atomic mass is 9.99. The minimum atomic E-state index is -0.0291. The lowest BCUT2D eigenvalue weighted by molar-refractivity contribution is 0.113. The van der Waals surface area contributed by atoms with Crippen molar-refractivity contribution in [3.63, 3.8) is 0 Å². The van der Waals surface area contributed by atoms with Gasteiger partial charge in [-0.1, -0.05) is 29.9 Å². The van der Waals surface area contributed by atoms with Gasteiger partial charge >= 0.3 is 4.87 Å². The van der Waals surface area contributed by atoms with Crippen molar-refractivity contribution in [2.45, 2.75) is 38.3 Å². The van der Waals surface area contributed by atoms with E-state index >= 15 is 0 Å². The number of nitrogens with zero attached hydrogens (tertiary/aromatic N) is 1. The van der Waals surface area contributed by atoms with E-state index in [4.69, 9.17) is 4.74 Å². The van der Waals surface area contributed by atoms with Crippen molar-refractivity contribution in [1.29, 1.82) is 0 Å². The second-order valence-corrected chi connectivity index (χ2v) is 7.24. The molecule has 5 nitrogen and oxygen atoms in total. The topological polar surface area (TPSA) is 65.6 Å². The number of aliphatic hydroxyl groups excluding tert-OH is 1. The van der Waals surface area contributed by atoms with Crippen molar-refractivity contribution in [3.05, 3.63) is 38.8 Å². The van der Waals surface area contributed by atoms with Gasteiger partial charge in [-0.05, 0) is 37.9 Å². The molecule has 1 aliphatic rings. The van der Waals surface area contributed by atoms with Gasteiger partial charge in [-0.15, -0.1) is 0 Å². The quantitative estimate of drug-likeness (QED) is 0.842. The summed E-state index contributed by atoms with van der Waals surface area (Å²) in [5.74, 6) is 0.779. The molecule has 0 spiro atoms. The summed E-state index contributed by atoms with van der Waals surface area (Å²) in [6, 6.07) is 8.17. The molecule has 1 aromatic carbocycles. The molecule has 0 radical (unpaired) electrons. The van der Waals surface area contributed by atoms with Crippen LogP contribution >= 0.6 is 11.3 Å². The summed E-state index contributed by atoms with van der Waals surface area (Å²) in [4.78, 5) is 18.4. The number of thiazole rings is 1. The van der Waals surface area contributed by atoms with Crippen LogP contribution in [0.15, 0.2) is 29.1 Å². The number of aliphatic hydroxyl groups is 1. The van der Waals surface area contributed by atoms with Gasteiger partial charge in [0.25, 0.3) is 0 Å². The summed E-state index contributed by atoms with van der Waals surface area (Å²) in [7, 11) is 1.64. The van der Waals surface area contributed by atoms with Crippen LogP contribution in [0.1, 0.15) is 30.6 Å². The van der Waals surface area contributed by atoms with Gasteiger partial charge in [-0.2, -0.15) is 0 Å². The van der Waals surface area contributed by atoms with Crippen LogP contribution in [-0.2, 0) is 6.54 Å². The Balaban J connectivity index is 1.87. The van der Waals surface area contributed by atoms with E-state index in [1.54, 1.807) is 7.11 Å². The van der Waals surface area contributed by atoms with Crippen LogP contribution in [0.5, 0.6) is 5.75 Å². The Morgan fingerprint density at radius 3 is 3.08 bits per heavy atom. The Bertz CT molecular complexity index is 723. The zero-order chi connectivity index (χ0) is 16.9. The molecule has 1 aliphatic heterocycles. The van der Waals surface area contributed by atoms with Gasteiger partial charge in [0.2, 0.25) is 0 Å². The van der Waals surface area contributed by atoms with Gasteiger partial charge in [0.1, 0.15) is 5.75 Å². The number of H-pyrrole nitrogens is 1. The van der Waals surface area contributed by atoms with Crippen LogP contribution in [0, 0.1) is 0 Å². The average molecular weight is 348 g/mol. The molecule has 0 bridgehead atoms. The largest absolute Gasteiger partial charge is 0.497 e. The second-order valence-electron chi connectivity index (χ2n) is 6.18. The van der Waals surface area contributed by atoms with Crippen molar-refractivity contribution in [1.82, 2.24) is 9.88 Å². The Hall–Kier alpha value is -1.63. The fourth-order valence-corrected chi connectivity index (χ4v) is 4.29. The van der Waals surface area contributed by atoms with Gasteiger partial charge in [0, 0.05) is 29.6 Å². The molecule has 24 heavy (non-hydrogen) atoms. The summed E-state index contributed by atoms with van der Waals surface area (Å²) in [6.07, 6.45) is 4.31. The van der Waals surface area contributed by atoms with Crippen LogP contribution in [0.2, 0.25) is 0 Å². The van der Waals surface area contributed by atoms with Crippen molar-refractivity contribution < 1.29 is 9.84 Å². The number of hydrogen-bond donors (Lipinski definition) is 2. The first-order valence-electron chi connectivity index (χ1n) is 8.42. The molecule has 130 valence electrons. The lowest BCUT2D eigenvalue weighted by Gasteiger charge is -2.35. The summed E-state index contributed by atoms with van der Waals surface area (Å²) in [5.41, 5.74) is 1.86. The summed E-state index contributed by atoms with van der Waals surface area (Å²) in [6.45, 7) is 1.99. The number of rotatable bonds is 6. The number of nitrogens with one attached hydrogen (secondary N) is 1. The van der Waals surface area contributed by atoms with Crippen LogP contribution in [0.25, 0.3) is 11.3 Å². The van der Waals surface area contributed by atoms with Crippen molar-refractivity contribution in [3.8, 4) is 17.0 Å². The summed E-state index contributed by atoms with van der Waals surface area (Å²) in [5, 5.41) is 9.30. The van der Waals surface area contributed by atoms with E-state index in [-0.39, 0.29) is 11.5 Å². The number of aromatic nitrogens is 1. The molecule has 0 aliphatic carbocycles. The lowest BCUT2D eigenvalue weighted by Crippen LogP contribution is -2.39. The highest BCUT2D eigenvalue weighted by Gasteiger charge is 2.24. The molecule has 1 aromatic heterocycles. The van der Waals surface area contributed by atoms with Crippen molar-refractivity contribution >= 4 is 11.3 Å². The highest BCUT2D eigenvalue weighted by molar-refractivity contribution is 7.09. The molecular weight excluding hydrogens is 324 g/mol. The molecular formula is C18H24N2O3S. The predicted molar refractivity (Wildman–Crippen MR) is 96.7 cm³/mol. The van der Waals surface area contributed by atoms with Crippen LogP contribution in [-0.4, -0.2) is 41.3 Å². The smallest absolute Gasteiger partial charge is 0.305 e. The molecule has 3 rings (SSSR count). The third-order valence-corrected chi connectivity index (χ3v) is 5.51. The number of aromatic amines is 1. The number of methoxy groups -OCH3 is 1. The Morgan fingerprint density at radius 1 is 1.42 bits per heavy atom. The average Bonchev–Trinajstić information content (AvgIpc) is 2.97. The fraction of sp³-hybridized carbons (Fsp3) is 0.500. The van der Waals surface area contributed by atoms with Crippen LogP contribution in [0.4, 0.5) is 0 Å². The zero-order valence-corrected chi connectivity index (χ0v) is 14.8. The molecule has 2 aromatic rings. The number of hydrogen-bond acceptors (Lipinski definition) is 5. The van der Waals surface area contributed by atoms with E-state index in [1.807, 2.05) is 24.3 Å². The maximum atomic E-state index is 12.0. The molecule has 1 atom stereocenters. The second kappa shape index (κ2) is 7.96. The third kappa shape index (κ3) is 3.88. The van der Waals surface area contributed by atoms with E-state index in [0.29, 0.717) is 6.04 Å². The predicted octanol–water partition coefficient (Wildman–Crippen LogP) is 2.85. The minimum absolute atomic E-state index is 0.0291. The van der Waals surface area contributed by atoms with E-state index in [1.165, 1.54) is 24.2 Å². The molecule has 1 unspecified atom stereocenters. The van der Waals surface area contributed by atoms with E-state index in [9.17, 15) is 9.90 Å². The Morgan fingerprint density at radius 2 is 2.29 bits per heavy atom. The van der Waals surface area contributed by atoms with Gasteiger partial charge in [0.05, 0.1) is 12.8 Å². The first-order valence-corrected chi connectivity index (χ1v) is 9.24.